The van der Waals surface area contributed by atoms with Crippen LogP contribution in [0.2, 0.25) is 0 Å². The number of anilines is 1. The van der Waals surface area contributed by atoms with Crippen LogP contribution in [0.1, 0.15) is 25.8 Å². The Bertz CT molecular complexity index is 918. The van der Waals surface area contributed by atoms with E-state index in [1.165, 1.54) is 17.0 Å². The fourth-order valence-corrected chi connectivity index (χ4v) is 3.75. The third-order valence-corrected chi connectivity index (χ3v) is 5.27. The van der Waals surface area contributed by atoms with Crippen LogP contribution in [0.4, 0.5) is 10.1 Å². The van der Waals surface area contributed by atoms with E-state index < -0.39 is 6.04 Å². The molecule has 2 aromatic rings. The maximum atomic E-state index is 13.2. The molecule has 0 aromatic heterocycles. The van der Waals surface area contributed by atoms with Gasteiger partial charge >= 0.3 is 0 Å². The van der Waals surface area contributed by atoms with Gasteiger partial charge in [0.25, 0.3) is 5.91 Å². The quantitative estimate of drug-likeness (QED) is 0.650. The monoisotopic (exact) mass is 429 g/mol. The minimum Gasteiger partial charge on any atom is -0.494 e. The zero-order valence-electron chi connectivity index (χ0n) is 16.9. The predicted octanol–water partition coefficient (Wildman–Crippen LogP) is 3.57. The number of carbonyl (C=O) groups is 2. The molecule has 1 N–H and O–H groups in total. The average molecular weight is 430 g/mol. The maximum Gasteiger partial charge on any atom is 0.252 e. The van der Waals surface area contributed by atoms with Crippen LogP contribution in [-0.4, -0.2) is 45.9 Å². The largest absolute Gasteiger partial charge is 0.494 e. The predicted molar refractivity (Wildman–Crippen MR) is 117 cm³/mol. The molecule has 3 rings (SSSR count). The van der Waals surface area contributed by atoms with Crippen molar-refractivity contribution in [3.05, 3.63) is 59.9 Å². The van der Waals surface area contributed by atoms with Gasteiger partial charge in [0.2, 0.25) is 5.91 Å². The number of rotatable bonds is 8. The van der Waals surface area contributed by atoms with E-state index >= 15 is 0 Å². The van der Waals surface area contributed by atoms with E-state index in [2.05, 4.69) is 5.32 Å². The molecule has 1 atom stereocenters. The Morgan fingerprint density at radius 3 is 2.40 bits per heavy atom. The number of ether oxygens (including phenoxy) is 1. The molecule has 0 radical (unpaired) electrons. The van der Waals surface area contributed by atoms with Crippen molar-refractivity contribution in [3.63, 3.8) is 0 Å². The first kappa shape index (κ1) is 21.7. The third-order valence-electron chi connectivity index (χ3n) is 4.81. The number of nitrogens with zero attached hydrogens (tertiary/aromatic N) is 2. The molecule has 0 aliphatic carbocycles. The number of amides is 2. The molecule has 1 heterocycles. The number of nitrogens with one attached hydrogen (secondary N) is 1. The summed E-state index contributed by atoms with van der Waals surface area (Å²) in [6.45, 7) is 5.04. The summed E-state index contributed by atoms with van der Waals surface area (Å²) < 4.78 is 18.6. The highest BCUT2D eigenvalue weighted by molar-refractivity contribution is 7.80. The molecule has 1 saturated heterocycles. The minimum atomic E-state index is -0.704. The van der Waals surface area contributed by atoms with Crippen LogP contribution in [0.5, 0.6) is 5.75 Å². The number of carbonyl (C=O) groups excluding carboxylic acids is 2. The summed E-state index contributed by atoms with van der Waals surface area (Å²) >= 11 is 5.47. The molecule has 0 bridgehead atoms. The Kier molecular flexibility index (Phi) is 6.99. The molecule has 8 heteroatoms. The van der Waals surface area contributed by atoms with E-state index in [4.69, 9.17) is 17.0 Å². The van der Waals surface area contributed by atoms with Crippen molar-refractivity contribution >= 4 is 34.8 Å². The van der Waals surface area contributed by atoms with Gasteiger partial charge in [0.15, 0.2) is 5.11 Å². The zero-order valence-corrected chi connectivity index (χ0v) is 17.7. The van der Waals surface area contributed by atoms with E-state index in [0.29, 0.717) is 30.5 Å². The van der Waals surface area contributed by atoms with Crippen LogP contribution in [0.25, 0.3) is 0 Å². The Balaban J connectivity index is 1.71. The lowest BCUT2D eigenvalue weighted by atomic mass is 10.1. The van der Waals surface area contributed by atoms with Crippen LogP contribution >= 0.6 is 12.2 Å². The van der Waals surface area contributed by atoms with Gasteiger partial charge in [-0.3, -0.25) is 14.5 Å². The van der Waals surface area contributed by atoms with Gasteiger partial charge in [-0.05, 0) is 68.0 Å². The molecule has 0 unspecified atom stereocenters. The minimum absolute atomic E-state index is 0.0378. The zero-order chi connectivity index (χ0) is 21.7. The first-order chi connectivity index (χ1) is 14.4. The molecule has 0 spiro atoms. The van der Waals surface area contributed by atoms with E-state index in [-0.39, 0.29) is 24.1 Å². The van der Waals surface area contributed by atoms with E-state index in [1.807, 2.05) is 13.8 Å². The van der Waals surface area contributed by atoms with Crippen LogP contribution < -0.4 is 10.1 Å². The normalized spacial score (nSPS) is 16.2. The molecule has 0 saturated carbocycles. The molecule has 1 aliphatic heterocycles. The number of hydrogen-bond donors (Lipinski definition) is 1. The van der Waals surface area contributed by atoms with Gasteiger partial charge < -0.3 is 15.0 Å². The van der Waals surface area contributed by atoms with Gasteiger partial charge in [-0.2, -0.15) is 0 Å². The molecule has 2 amide bonds. The molecule has 2 aromatic carbocycles. The number of thiocarbonyl (C=S) groups is 1. The van der Waals surface area contributed by atoms with Crippen molar-refractivity contribution in [2.45, 2.75) is 32.9 Å². The topological polar surface area (TPSA) is 61.9 Å². The highest BCUT2D eigenvalue weighted by atomic mass is 32.1. The van der Waals surface area contributed by atoms with Crippen LogP contribution in [0.3, 0.4) is 0 Å². The second kappa shape index (κ2) is 9.67. The van der Waals surface area contributed by atoms with Gasteiger partial charge in [0.05, 0.1) is 13.0 Å². The summed E-state index contributed by atoms with van der Waals surface area (Å²) in [6.07, 6.45) is -0.0378. The van der Waals surface area contributed by atoms with Gasteiger partial charge in [0.1, 0.15) is 17.6 Å². The number of benzene rings is 2. The first-order valence-corrected chi connectivity index (χ1v) is 10.2. The lowest BCUT2D eigenvalue weighted by Crippen LogP contribution is -2.37. The van der Waals surface area contributed by atoms with Crippen LogP contribution in [-0.2, 0) is 16.1 Å². The molecular formula is C22H24FN3O3S. The molecule has 1 fully saturated rings. The van der Waals surface area contributed by atoms with Crippen molar-refractivity contribution in [3.8, 4) is 5.75 Å². The Labute approximate surface area is 180 Å². The Morgan fingerprint density at radius 1 is 1.13 bits per heavy atom. The fraction of sp³-hybridized carbons (Fsp3) is 0.318. The van der Waals surface area contributed by atoms with Gasteiger partial charge in [-0.15, -0.1) is 0 Å². The summed E-state index contributed by atoms with van der Waals surface area (Å²) in [5.41, 5.74) is 1.43. The van der Waals surface area contributed by atoms with Gasteiger partial charge in [-0.25, -0.2) is 4.39 Å². The SMILES string of the molecule is CCOc1ccc(NC(=O)C[C@@H]2C(=O)N(CC)C(=S)N2Cc2ccc(F)cc2)cc1. The number of likely N-dealkylation sites (N-methyl/N-ethyl adjacent to an activating group) is 1. The smallest absolute Gasteiger partial charge is 0.252 e. The number of hydrogen-bond acceptors (Lipinski definition) is 4. The second-order valence-electron chi connectivity index (χ2n) is 6.84. The highest BCUT2D eigenvalue weighted by Crippen LogP contribution is 2.24. The summed E-state index contributed by atoms with van der Waals surface area (Å²) in [5.74, 6) is -0.106. The molecule has 1 aliphatic rings. The first-order valence-electron chi connectivity index (χ1n) is 9.82. The number of halogens is 1. The molecular weight excluding hydrogens is 405 g/mol. The lowest BCUT2D eigenvalue weighted by Gasteiger charge is -2.24. The molecule has 30 heavy (non-hydrogen) atoms. The van der Waals surface area contributed by atoms with Crippen molar-refractivity contribution in [2.75, 3.05) is 18.5 Å². The van der Waals surface area contributed by atoms with Crippen molar-refractivity contribution in [2.24, 2.45) is 0 Å². The summed E-state index contributed by atoms with van der Waals surface area (Å²) in [6, 6.07) is 12.4. The summed E-state index contributed by atoms with van der Waals surface area (Å²) in [5, 5.41) is 3.19. The van der Waals surface area contributed by atoms with Crippen molar-refractivity contribution < 1.29 is 18.7 Å². The van der Waals surface area contributed by atoms with E-state index in [1.54, 1.807) is 41.3 Å². The Hall–Kier alpha value is -3.00. The van der Waals surface area contributed by atoms with E-state index in [0.717, 1.165) is 11.3 Å². The maximum absolute atomic E-state index is 13.2. The van der Waals surface area contributed by atoms with Crippen LogP contribution in [0.15, 0.2) is 48.5 Å². The van der Waals surface area contributed by atoms with Crippen molar-refractivity contribution in [1.82, 2.24) is 9.80 Å². The van der Waals surface area contributed by atoms with E-state index in [9.17, 15) is 14.0 Å². The third kappa shape index (κ3) is 4.94. The Morgan fingerprint density at radius 2 is 1.80 bits per heavy atom. The van der Waals surface area contributed by atoms with Gasteiger partial charge in [-0.1, -0.05) is 12.1 Å². The average Bonchev–Trinajstić information content (AvgIpc) is 2.94. The molecule has 158 valence electrons. The summed E-state index contributed by atoms with van der Waals surface area (Å²) in [7, 11) is 0. The molecule has 6 nitrogen and oxygen atoms in total. The lowest BCUT2D eigenvalue weighted by molar-refractivity contribution is -0.130. The standard InChI is InChI=1S/C22H24FN3O3S/c1-3-25-21(28)19(26(22(25)30)14-15-5-7-16(23)8-6-15)13-20(27)24-17-9-11-18(12-10-17)29-4-2/h5-12,19H,3-4,13-14H2,1-2H3,(H,24,27)/t19-/m1/s1. The second-order valence-corrected chi connectivity index (χ2v) is 7.21. The summed E-state index contributed by atoms with van der Waals surface area (Å²) in [4.78, 5) is 28.7. The fourth-order valence-electron chi connectivity index (χ4n) is 3.34. The van der Waals surface area contributed by atoms with Crippen LogP contribution in [0, 0.1) is 5.82 Å². The van der Waals surface area contributed by atoms with Gasteiger partial charge in [0, 0.05) is 18.8 Å². The van der Waals surface area contributed by atoms with Crippen molar-refractivity contribution in [1.29, 1.82) is 0 Å². The highest BCUT2D eigenvalue weighted by Gasteiger charge is 2.42.